The molecule has 0 heterocycles. The zero-order valence-electron chi connectivity index (χ0n) is 13.0. The van der Waals surface area contributed by atoms with Crippen LogP contribution in [0.25, 0.3) is 0 Å². The number of carbonyl (C=O) groups is 1. The van der Waals surface area contributed by atoms with Crippen molar-refractivity contribution in [1.82, 2.24) is 10.0 Å². The average molecular weight is 389 g/mol. The van der Waals surface area contributed by atoms with Crippen LogP contribution in [0.4, 0.5) is 0 Å². The summed E-state index contributed by atoms with van der Waals surface area (Å²) in [5, 5.41) is 2.62. The minimum absolute atomic E-state index is 0.0513. The highest BCUT2D eigenvalue weighted by atomic mass is 79.9. The molecule has 5 nitrogen and oxygen atoms in total. The van der Waals surface area contributed by atoms with Gasteiger partial charge in [-0.25, -0.2) is 13.1 Å². The molecule has 1 rings (SSSR count). The van der Waals surface area contributed by atoms with Crippen LogP contribution in [0, 0.1) is 20.8 Å². The van der Waals surface area contributed by atoms with Crippen LogP contribution in [0.1, 0.15) is 23.1 Å². The van der Waals surface area contributed by atoms with Gasteiger partial charge in [-0.15, -0.1) is 0 Å². The van der Waals surface area contributed by atoms with Crippen LogP contribution in [-0.2, 0) is 14.8 Å². The third-order valence-corrected chi connectivity index (χ3v) is 5.04. The van der Waals surface area contributed by atoms with Crippen molar-refractivity contribution in [3.63, 3.8) is 0 Å². The summed E-state index contributed by atoms with van der Waals surface area (Å²) in [5.74, 6) is -0.236. The Morgan fingerprint density at radius 3 is 2.27 bits per heavy atom. The van der Waals surface area contributed by atoms with Crippen molar-refractivity contribution in [3.05, 3.63) is 39.9 Å². The molecular formula is C15H21BrN2O3S. The van der Waals surface area contributed by atoms with Crippen molar-refractivity contribution in [2.24, 2.45) is 0 Å². The number of amides is 1. The number of benzene rings is 1. The highest BCUT2D eigenvalue weighted by Crippen LogP contribution is 2.21. The maximum absolute atomic E-state index is 12.4. The summed E-state index contributed by atoms with van der Waals surface area (Å²) in [7, 11) is -3.62. The Balaban J connectivity index is 2.70. The Morgan fingerprint density at radius 2 is 1.77 bits per heavy atom. The van der Waals surface area contributed by atoms with E-state index < -0.39 is 10.0 Å². The second-order valence-corrected chi connectivity index (χ2v) is 7.99. The van der Waals surface area contributed by atoms with E-state index >= 15 is 0 Å². The lowest BCUT2D eigenvalue weighted by atomic mass is 10.1. The number of hydrogen-bond donors (Lipinski definition) is 2. The smallest absolute Gasteiger partial charge is 0.241 e. The van der Waals surface area contributed by atoms with Gasteiger partial charge in [-0.2, -0.15) is 0 Å². The first-order valence-corrected chi connectivity index (χ1v) is 9.08. The summed E-state index contributed by atoms with van der Waals surface area (Å²) in [6.07, 6.45) is 0.0729. The SMILES string of the molecule is C=C(Br)CNC(=O)CCNS(=O)(=O)c1c(C)cc(C)cc1C. The molecule has 0 unspecified atom stereocenters. The summed E-state index contributed by atoms with van der Waals surface area (Å²) >= 11 is 3.13. The number of aryl methyl sites for hydroxylation is 3. The first kappa shape index (κ1) is 18.9. The molecule has 0 aliphatic rings. The summed E-state index contributed by atoms with van der Waals surface area (Å²) in [5.41, 5.74) is 2.42. The van der Waals surface area contributed by atoms with Crippen LogP contribution in [0.3, 0.4) is 0 Å². The fourth-order valence-electron chi connectivity index (χ4n) is 2.24. The summed E-state index contributed by atoms with van der Waals surface area (Å²) in [6.45, 7) is 9.43. The minimum Gasteiger partial charge on any atom is -0.351 e. The molecule has 22 heavy (non-hydrogen) atoms. The van der Waals surface area contributed by atoms with Crippen molar-refractivity contribution in [1.29, 1.82) is 0 Å². The largest absolute Gasteiger partial charge is 0.351 e. The molecule has 0 bridgehead atoms. The number of hydrogen-bond acceptors (Lipinski definition) is 3. The van der Waals surface area contributed by atoms with E-state index in [1.807, 2.05) is 19.1 Å². The molecule has 0 aliphatic carbocycles. The molecule has 0 saturated heterocycles. The van der Waals surface area contributed by atoms with E-state index in [0.29, 0.717) is 22.2 Å². The Hall–Kier alpha value is -1.18. The molecule has 1 amide bonds. The predicted molar refractivity (Wildman–Crippen MR) is 91.5 cm³/mol. The maximum Gasteiger partial charge on any atom is 0.241 e. The molecular weight excluding hydrogens is 368 g/mol. The molecule has 1 aromatic rings. The van der Waals surface area contributed by atoms with Crippen molar-refractivity contribution in [2.45, 2.75) is 32.1 Å². The molecule has 7 heteroatoms. The van der Waals surface area contributed by atoms with E-state index in [2.05, 4.69) is 32.5 Å². The van der Waals surface area contributed by atoms with E-state index in [9.17, 15) is 13.2 Å². The zero-order valence-corrected chi connectivity index (χ0v) is 15.4. The summed E-state index contributed by atoms with van der Waals surface area (Å²) < 4.78 is 27.9. The van der Waals surface area contributed by atoms with E-state index in [0.717, 1.165) is 5.56 Å². The van der Waals surface area contributed by atoms with Gasteiger partial charge >= 0.3 is 0 Å². The van der Waals surface area contributed by atoms with Gasteiger partial charge in [0.25, 0.3) is 0 Å². The van der Waals surface area contributed by atoms with Crippen molar-refractivity contribution < 1.29 is 13.2 Å². The van der Waals surface area contributed by atoms with Gasteiger partial charge < -0.3 is 5.32 Å². The Kier molecular flexibility index (Phi) is 6.77. The van der Waals surface area contributed by atoms with Gasteiger partial charge in [0, 0.05) is 24.0 Å². The predicted octanol–water partition coefficient (Wildman–Crippen LogP) is 2.31. The molecule has 0 fully saturated rings. The lowest BCUT2D eigenvalue weighted by molar-refractivity contribution is -0.120. The number of halogens is 1. The molecule has 0 spiro atoms. The Labute approximate surface area is 140 Å². The van der Waals surface area contributed by atoms with E-state index in [-0.39, 0.29) is 23.8 Å². The normalized spacial score (nSPS) is 11.3. The molecule has 0 radical (unpaired) electrons. The van der Waals surface area contributed by atoms with E-state index in [1.54, 1.807) is 13.8 Å². The fourth-order valence-corrected chi connectivity index (χ4v) is 3.87. The van der Waals surface area contributed by atoms with E-state index in [4.69, 9.17) is 0 Å². The third-order valence-electron chi connectivity index (χ3n) is 2.99. The maximum atomic E-state index is 12.4. The fraction of sp³-hybridized carbons (Fsp3) is 0.400. The average Bonchev–Trinajstić information content (AvgIpc) is 2.34. The third kappa shape index (κ3) is 5.55. The van der Waals surface area contributed by atoms with Crippen molar-refractivity contribution >= 4 is 31.9 Å². The van der Waals surface area contributed by atoms with Crippen LogP contribution in [-0.4, -0.2) is 27.4 Å². The van der Waals surface area contributed by atoms with Gasteiger partial charge in [0.1, 0.15) is 0 Å². The quantitative estimate of drug-likeness (QED) is 0.752. The highest BCUT2D eigenvalue weighted by molar-refractivity contribution is 9.11. The summed E-state index contributed by atoms with van der Waals surface area (Å²) in [4.78, 5) is 11.8. The number of rotatable bonds is 7. The van der Waals surface area contributed by atoms with Gasteiger partial charge in [0.05, 0.1) is 4.90 Å². The number of nitrogens with one attached hydrogen (secondary N) is 2. The van der Waals surface area contributed by atoms with Crippen LogP contribution in [0.5, 0.6) is 0 Å². The van der Waals surface area contributed by atoms with Gasteiger partial charge in [0.15, 0.2) is 0 Å². The monoisotopic (exact) mass is 388 g/mol. The molecule has 0 atom stereocenters. The first-order chi connectivity index (χ1) is 10.1. The van der Waals surface area contributed by atoms with Crippen LogP contribution >= 0.6 is 15.9 Å². The second-order valence-electron chi connectivity index (χ2n) is 5.17. The Morgan fingerprint density at radius 1 is 1.23 bits per heavy atom. The van der Waals surface area contributed by atoms with Gasteiger partial charge in [-0.3, -0.25) is 4.79 Å². The second kappa shape index (κ2) is 7.89. The first-order valence-electron chi connectivity index (χ1n) is 6.81. The Bertz CT molecular complexity index is 661. The number of carbonyl (C=O) groups excluding carboxylic acids is 1. The van der Waals surface area contributed by atoms with Gasteiger partial charge in [-0.05, 0) is 31.9 Å². The van der Waals surface area contributed by atoms with Crippen LogP contribution in [0.2, 0.25) is 0 Å². The zero-order chi connectivity index (χ0) is 16.9. The molecule has 0 aliphatic heterocycles. The standard InChI is InChI=1S/C15H21BrN2O3S/c1-10-7-11(2)15(12(3)8-10)22(20,21)18-6-5-14(19)17-9-13(4)16/h7-8,18H,4-6,9H2,1-3H3,(H,17,19). The van der Waals surface area contributed by atoms with Crippen molar-refractivity contribution in [2.75, 3.05) is 13.1 Å². The lowest BCUT2D eigenvalue weighted by Gasteiger charge is -2.13. The van der Waals surface area contributed by atoms with Crippen LogP contribution < -0.4 is 10.0 Å². The van der Waals surface area contributed by atoms with E-state index in [1.165, 1.54) is 0 Å². The molecule has 122 valence electrons. The van der Waals surface area contributed by atoms with Crippen LogP contribution in [0.15, 0.2) is 28.1 Å². The molecule has 0 aromatic heterocycles. The minimum atomic E-state index is -3.62. The molecule has 2 N–H and O–H groups in total. The summed E-state index contributed by atoms with van der Waals surface area (Å²) in [6, 6.07) is 3.66. The van der Waals surface area contributed by atoms with Gasteiger partial charge in [0.2, 0.25) is 15.9 Å². The number of sulfonamides is 1. The topological polar surface area (TPSA) is 75.3 Å². The van der Waals surface area contributed by atoms with Gasteiger partial charge in [-0.1, -0.05) is 40.2 Å². The molecule has 0 saturated carbocycles. The molecule has 1 aromatic carbocycles. The van der Waals surface area contributed by atoms with Crippen molar-refractivity contribution in [3.8, 4) is 0 Å². The lowest BCUT2D eigenvalue weighted by Crippen LogP contribution is -2.31. The highest BCUT2D eigenvalue weighted by Gasteiger charge is 2.19.